The number of likely N-dealkylation sites (N-methyl/N-ethyl adjacent to an activating group) is 1. The van der Waals surface area contributed by atoms with E-state index >= 15 is 0 Å². The summed E-state index contributed by atoms with van der Waals surface area (Å²) in [6.07, 6.45) is 3.87. The molecule has 3 aromatic rings. The number of hydrogen-bond acceptors (Lipinski definition) is 4. The van der Waals surface area contributed by atoms with Gasteiger partial charge in [-0.3, -0.25) is 0 Å². The SMILES string of the molecule is COC(C)(C)C#Cc1c[nH]c2ncc(-c3cc(C)c(N4CCN(C)CC4)c(C)c3)cc12. The van der Waals surface area contributed by atoms with E-state index in [2.05, 4.69) is 70.7 Å². The fourth-order valence-electron chi connectivity index (χ4n) is 4.18. The van der Waals surface area contributed by atoms with Crippen molar-refractivity contribution in [2.45, 2.75) is 33.3 Å². The van der Waals surface area contributed by atoms with Gasteiger partial charge in [-0.1, -0.05) is 11.8 Å². The van der Waals surface area contributed by atoms with Gasteiger partial charge in [0.25, 0.3) is 0 Å². The van der Waals surface area contributed by atoms with Gasteiger partial charge in [0.1, 0.15) is 11.2 Å². The highest BCUT2D eigenvalue weighted by Gasteiger charge is 2.19. The molecule has 1 aliphatic heterocycles. The molecule has 3 heterocycles. The lowest BCUT2D eigenvalue weighted by Crippen LogP contribution is -2.45. The number of pyridine rings is 1. The third-order valence-corrected chi connectivity index (χ3v) is 6.18. The lowest BCUT2D eigenvalue weighted by Gasteiger charge is -2.36. The maximum atomic E-state index is 5.43. The quantitative estimate of drug-likeness (QED) is 0.644. The van der Waals surface area contributed by atoms with Crippen molar-refractivity contribution in [2.24, 2.45) is 0 Å². The van der Waals surface area contributed by atoms with E-state index in [4.69, 9.17) is 4.74 Å². The van der Waals surface area contributed by atoms with Gasteiger partial charge < -0.3 is 19.5 Å². The molecule has 2 aromatic heterocycles. The van der Waals surface area contributed by atoms with Crippen molar-refractivity contribution < 1.29 is 4.74 Å². The molecule has 5 heteroatoms. The minimum atomic E-state index is -0.484. The number of rotatable bonds is 3. The molecule has 1 fully saturated rings. The monoisotopic (exact) mass is 416 g/mol. The van der Waals surface area contributed by atoms with Crippen LogP contribution in [0.4, 0.5) is 5.69 Å². The van der Waals surface area contributed by atoms with Crippen molar-refractivity contribution in [3.8, 4) is 23.0 Å². The molecule has 4 rings (SSSR count). The molecule has 162 valence electrons. The Kier molecular flexibility index (Phi) is 5.79. The molecule has 1 N–H and O–H groups in total. The van der Waals surface area contributed by atoms with Gasteiger partial charge in [0.05, 0.1) is 5.56 Å². The summed E-state index contributed by atoms with van der Waals surface area (Å²) in [5.74, 6) is 6.46. The summed E-state index contributed by atoms with van der Waals surface area (Å²) < 4.78 is 5.43. The molecule has 0 aliphatic carbocycles. The van der Waals surface area contributed by atoms with Gasteiger partial charge >= 0.3 is 0 Å². The smallest absolute Gasteiger partial charge is 0.138 e. The van der Waals surface area contributed by atoms with Gasteiger partial charge in [0.15, 0.2) is 0 Å². The molecule has 1 saturated heterocycles. The fraction of sp³-hybridized carbons (Fsp3) is 0.423. The number of fused-ring (bicyclic) bond motifs is 1. The van der Waals surface area contributed by atoms with Crippen molar-refractivity contribution in [1.82, 2.24) is 14.9 Å². The average Bonchev–Trinajstić information content (AvgIpc) is 3.15. The van der Waals surface area contributed by atoms with Crippen molar-refractivity contribution >= 4 is 16.7 Å². The highest BCUT2D eigenvalue weighted by Crippen LogP contribution is 2.32. The number of nitrogens with one attached hydrogen (secondary N) is 1. The van der Waals surface area contributed by atoms with Crippen LogP contribution in [0.2, 0.25) is 0 Å². The minimum absolute atomic E-state index is 0.484. The largest absolute Gasteiger partial charge is 0.369 e. The van der Waals surface area contributed by atoms with E-state index in [1.165, 1.54) is 22.4 Å². The van der Waals surface area contributed by atoms with Crippen LogP contribution in [0.3, 0.4) is 0 Å². The van der Waals surface area contributed by atoms with Crippen molar-refractivity contribution in [1.29, 1.82) is 0 Å². The fourth-order valence-corrected chi connectivity index (χ4v) is 4.18. The molecule has 0 bridgehead atoms. The van der Waals surface area contributed by atoms with Crippen LogP contribution in [0.25, 0.3) is 22.2 Å². The average molecular weight is 417 g/mol. The summed E-state index contributed by atoms with van der Waals surface area (Å²) in [4.78, 5) is 12.8. The molecule has 1 aromatic carbocycles. The molecular weight excluding hydrogens is 384 g/mol. The first-order chi connectivity index (χ1) is 14.8. The van der Waals surface area contributed by atoms with Crippen LogP contribution >= 0.6 is 0 Å². The van der Waals surface area contributed by atoms with Crippen LogP contribution in [-0.2, 0) is 4.74 Å². The normalized spacial score (nSPS) is 15.2. The number of methoxy groups -OCH3 is 1. The van der Waals surface area contributed by atoms with Crippen LogP contribution in [0, 0.1) is 25.7 Å². The molecule has 0 radical (unpaired) electrons. The van der Waals surface area contributed by atoms with Gasteiger partial charge in [-0.05, 0) is 69.6 Å². The van der Waals surface area contributed by atoms with E-state index in [1.54, 1.807) is 7.11 Å². The second-order valence-electron chi connectivity index (χ2n) is 9.04. The molecule has 0 spiro atoms. The van der Waals surface area contributed by atoms with Crippen molar-refractivity contribution in [2.75, 3.05) is 45.2 Å². The van der Waals surface area contributed by atoms with Crippen LogP contribution in [0.5, 0.6) is 0 Å². The van der Waals surface area contributed by atoms with Gasteiger partial charge in [-0.2, -0.15) is 0 Å². The standard InChI is InChI=1S/C26H32N4O/c1-18-13-21(14-19(2)24(18)30-11-9-29(5)10-12-30)22-15-23-20(7-8-26(3,4)31-6)16-27-25(23)28-17-22/h13-17H,9-12H2,1-6H3,(H,27,28). The van der Waals surface area contributed by atoms with Gasteiger partial charge in [0, 0.05) is 62.3 Å². The first-order valence-corrected chi connectivity index (χ1v) is 10.9. The third-order valence-electron chi connectivity index (χ3n) is 6.18. The Labute approximate surface area is 185 Å². The van der Waals surface area contributed by atoms with Crippen LogP contribution in [-0.4, -0.2) is 60.8 Å². The molecule has 0 unspecified atom stereocenters. The molecular formula is C26H32N4O. The minimum Gasteiger partial charge on any atom is -0.369 e. The summed E-state index contributed by atoms with van der Waals surface area (Å²) in [5.41, 5.74) is 7.62. The van der Waals surface area contributed by atoms with E-state index in [9.17, 15) is 0 Å². The van der Waals surface area contributed by atoms with Gasteiger partial charge in [-0.25, -0.2) is 4.98 Å². The van der Waals surface area contributed by atoms with Crippen molar-refractivity contribution in [3.05, 3.63) is 47.3 Å². The number of ether oxygens (including phenoxy) is 1. The number of anilines is 1. The maximum absolute atomic E-state index is 5.43. The first-order valence-electron chi connectivity index (χ1n) is 10.9. The van der Waals surface area contributed by atoms with Gasteiger partial charge in [-0.15, -0.1) is 0 Å². The molecule has 31 heavy (non-hydrogen) atoms. The van der Waals surface area contributed by atoms with E-state index in [1.807, 2.05) is 26.2 Å². The van der Waals surface area contributed by atoms with Gasteiger partial charge in [0.2, 0.25) is 0 Å². The number of aromatic nitrogens is 2. The lowest BCUT2D eigenvalue weighted by atomic mass is 9.98. The summed E-state index contributed by atoms with van der Waals surface area (Å²) >= 11 is 0. The summed E-state index contributed by atoms with van der Waals surface area (Å²) in [6, 6.07) is 6.76. The summed E-state index contributed by atoms with van der Waals surface area (Å²) in [6.45, 7) is 12.7. The molecule has 0 atom stereocenters. The highest BCUT2D eigenvalue weighted by molar-refractivity contribution is 5.87. The number of hydrogen-bond donors (Lipinski definition) is 1. The number of H-pyrrole nitrogens is 1. The topological polar surface area (TPSA) is 44.4 Å². The predicted octanol–water partition coefficient (Wildman–Crippen LogP) is 4.38. The van der Waals surface area contributed by atoms with Crippen LogP contribution < -0.4 is 4.90 Å². The lowest BCUT2D eigenvalue weighted by molar-refractivity contribution is 0.0742. The Morgan fingerprint density at radius 3 is 2.35 bits per heavy atom. The second-order valence-corrected chi connectivity index (χ2v) is 9.04. The number of benzene rings is 1. The highest BCUT2D eigenvalue weighted by atomic mass is 16.5. The van der Waals surface area contributed by atoms with E-state index < -0.39 is 5.60 Å². The predicted molar refractivity (Wildman–Crippen MR) is 129 cm³/mol. The van der Waals surface area contributed by atoms with Crippen LogP contribution in [0.15, 0.2) is 30.6 Å². The number of aromatic amines is 1. The van der Waals surface area contributed by atoms with Crippen molar-refractivity contribution in [3.63, 3.8) is 0 Å². The number of piperazine rings is 1. The number of nitrogens with zero attached hydrogens (tertiary/aromatic N) is 3. The molecule has 0 saturated carbocycles. The molecule has 0 amide bonds. The molecule has 1 aliphatic rings. The Bertz CT molecular complexity index is 1130. The van der Waals surface area contributed by atoms with Crippen LogP contribution in [0.1, 0.15) is 30.5 Å². The Balaban J connectivity index is 1.69. The zero-order valence-electron chi connectivity index (χ0n) is 19.5. The third kappa shape index (κ3) is 4.46. The Morgan fingerprint density at radius 1 is 1.03 bits per heavy atom. The number of aryl methyl sites for hydroxylation is 2. The Hall–Kier alpha value is -2.81. The zero-order chi connectivity index (χ0) is 22.2. The second kappa shape index (κ2) is 8.37. The Morgan fingerprint density at radius 2 is 1.71 bits per heavy atom. The summed E-state index contributed by atoms with van der Waals surface area (Å²) in [5, 5.41) is 1.04. The zero-order valence-corrected chi connectivity index (χ0v) is 19.5. The first kappa shape index (κ1) is 21.4. The van der Waals surface area contributed by atoms with E-state index in [0.717, 1.165) is 48.3 Å². The molecule has 5 nitrogen and oxygen atoms in total. The maximum Gasteiger partial charge on any atom is 0.138 e. The summed E-state index contributed by atoms with van der Waals surface area (Å²) in [7, 11) is 3.87. The van der Waals surface area contributed by atoms with E-state index in [-0.39, 0.29) is 0 Å². The van der Waals surface area contributed by atoms with E-state index in [0.29, 0.717) is 0 Å².